The summed E-state index contributed by atoms with van der Waals surface area (Å²) in [4.78, 5) is 2.55. The summed E-state index contributed by atoms with van der Waals surface area (Å²) in [5, 5.41) is 23.3. The van der Waals surface area contributed by atoms with E-state index >= 15 is 0 Å². The van der Waals surface area contributed by atoms with Gasteiger partial charge in [-0.05, 0) is 62.3 Å². The summed E-state index contributed by atoms with van der Waals surface area (Å²) in [6.07, 6.45) is 5.26. The Balaban J connectivity index is 1.81. The van der Waals surface area contributed by atoms with Crippen LogP contribution < -0.4 is 10.1 Å². The number of likely N-dealkylation sites (tertiary alicyclic amines) is 1. The molecule has 2 aromatic rings. The summed E-state index contributed by atoms with van der Waals surface area (Å²) >= 11 is 6.27. The van der Waals surface area contributed by atoms with E-state index in [0.717, 1.165) is 50.1 Å². The Morgan fingerprint density at radius 3 is 2.71 bits per heavy atom. The molecule has 2 atom stereocenters. The van der Waals surface area contributed by atoms with E-state index in [4.69, 9.17) is 21.4 Å². The maximum atomic E-state index is 9.66. The second kappa shape index (κ2) is 11.8. The van der Waals surface area contributed by atoms with Crippen molar-refractivity contribution in [1.82, 2.24) is 10.2 Å². The molecule has 0 amide bonds. The smallest absolute Gasteiger partial charge is 0.123 e. The molecule has 0 radical (unpaired) electrons. The SMILES string of the molecule is COc1ccc(Cl)cc1CNC1(c2ccccc2)CCCCN1CCCCC(O)CO. The predicted octanol–water partition coefficient (Wildman–Crippen LogP) is 4.30. The van der Waals surface area contributed by atoms with Gasteiger partial charge in [0.1, 0.15) is 5.75 Å². The largest absolute Gasteiger partial charge is 0.496 e. The fourth-order valence-electron chi connectivity index (χ4n) is 4.58. The average Bonchev–Trinajstić information content (AvgIpc) is 2.81. The van der Waals surface area contributed by atoms with Gasteiger partial charge in [-0.15, -0.1) is 0 Å². The van der Waals surface area contributed by atoms with Gasteiger partial charge >= 0.3 is 0 Å². The third-order valence-electron chi connectivity index (χ3n) is 6.25. The third kappa shape index (κ3) is 6.21. The summed E-state index contributed by atoms with van der Waals surface area (Å²) < 4.78 is 5.56. The molecule has 6 heteroatoms. The fraction of sp³-hybridized carbons (Fsp3) is 0.520. The molecule has 31 heavy (non-hydrogen) atoms. The van der Waals surface area contributed by atoms with Crippen LogP contribution in [0.1, 0.15) is 49.7 Å². The first-order valence-electron chi connectivity index (χ1n) is 11.3. The van der Waals surface area contributed by atoms with Crippen molar-refractivity contribution in [2.24, 2.45) is 0 Å². The lowest BCUT2D eigenvalue weighted by Crippen LogP contribution is -2.58. The highest BCUT2D eigenvalue weighted by Gasteiger charge is 2.39. The van der Waals surface area contributed by atoms with Gasteiger partial charge in [-0.2, -0.15) is 0 Å². The van der Waals surface area contributed by atoms with Gasteiger partial charge in [0.2, 0.25) is 0 Å². The number of hydrogen-bond donors (Lipinski definition) is 3. The minimum atomic E-state index is -0.617. The minimum absolute atomic E-state index is 0.166. The number of piperidine rings is 1. The number of aliphatic hydroxyl groups is 2. The van der Waals surface area contributed by atoms with Gasteiger partial charge in [0.25, 0.3) is 0 Å². The lowest BCUT2D eigenvalue weighted by atomic mass is 9.87. The number of benzene rings is 2. The van der Waals surface area contributed by atoms with Crippen molar-refractivity contribution in [3.05, 3.63) is 64.7 Å². The average molecular weight is 447 g/mol. The summed E-state index contributed by atoms with van der Waals surface area (Å²) in [7, 11) is 1.69. The van der Waals surface area contributed by atoms with Crippen LogP contribution in [-0.4, -0.2) is 48.0 Å². The monoisotopic (exact) mass is 446 g/mol. The zero-order valence-corrected chi connectivity index (χ0v) is 19.2. The fourth-order valence-corrected chi connectivity index (χ4v) is 4.77. The molecule has 0 saturated carbocycles. The van der Waals surface area contributed by atoms with Crippen LogP contribution in [0.3, 0.4) is 0 Å². The molecule has 1 heterocycles. The van der Waals surface area contributed by atoms with Gasteiger partial charge in [-0.1, -0.05) is 41.9 Å². The summed E-state index contributed by atoms with van der Waals surface area (Å²) in [5.41, 5.74) is 2.05. The minimum Gasteiger partial charge on any atom is -0.496 e. The van der Waals surface area contributed by atoms with Gasteiger partial charge in [-0.25, -0.2) is 0 Å². The first-order chi connectivity index (χ1) is 15.1. The van der Waals surface area contributed by atoms with Gasteiger partial charge in [0.05, 0.1) is 25.5 Å². The molecule has 2 unspecified atom stereocenters. The van der Waals surface area contributed by atoms with E-state index in [-0.39, 0.29) is 12.3 Å². The zero-order chi connectivity index (χ0) is 22.1. The van der Waals surface area contributed by atoms with Crippen LogP contribution >= 0.6 is 11.6 Å². The van der Waals surface area contributed by atoms with E-state index in [2.05, 4.69) is 40.5 Å². The van der Waals surface area contributed by atoms with Crippen molar-refractivity contribution in [3.63, 3.8) is 0 Å². The van der Waals surface area contributed by atoms with Gasteiger partial charge in [0, 0.05) is 30.2 Å². The van der Waals surface area contributed by atoms with Crippen LogP contribution in [0, 0.1) is 0 Å². The van der Waals surface area contributed by atoms with E-state index in [0.29, 0.717) is 18.0 Å². The molecule has 1 saturated heterocycles. The molecule has 2 aromatic carbocycles. The molecule has 0 bridgehead atoms. The van der Waals surface area contributed by atoms with Crippen molar-refractivity contribution in [3.8, 4) is 5.75 Å². The first kappa shape index (κ1) is 24.0. The first-order valence-corrected chi connectivity index (χ1v) is 11.6. The Kier molecular flexibility index (Phi) is 9.17. The van der Waals surface area contributed by atoms with Crippen molar-refractivity contribution < 1.29 is 14.9 Å². The molecule has 170 valence electrons. The number of halogens is 1. The van der Waals surface area contributed by atoms with E-state index < -0.39 is 6.10 Å². The normalized spacial score (nSPS) is 20.5. The predicted molar refractivity (Wildman–Crippen MR) is 125 cm³/mol. The van der Waals surface area contributed by atoms with E-state index in [1.54, 1.807) is 7.11 Å². The van der Waals surface area contributed by atoms with Crippen LogP contribution in [-0.2, 0) is 12.2 Å². The Labute approximate surface area is 191 Å². The molecule has 0 aromatic heterocycles. The highest BCUT2D eigenvalue weighted by Crippen LogP contribution is 2.36. The summed E-state index contributed by atoms with van der Waals surface area (Å²) in [6.45, 7) is 2.45. The lowest BCUT2D eigenvalue weighted by molar-refractivity contribution is 0.00811. The number of nitrogens with one attached hydrogen (secondary N) is 1. The van der Waals surface area contributed by atoms with Gasteiger partial charge in [-0.3, -0.25) is 10.2 Å². The molecule has 3 rings (SSSR count). The van der Waals surface area contributed by atoms with E-state index in [1.165, 1.54) is 12.0 Å². The van der Waals surface area contributed by atoms with Crippen LogP contribution in [0.4, 0.5) is 0 Å². The number of ether oxygens (including phenoxy) is 1. The molecular weight excluding hydrogens is 412 g/mol. The van der Waals surface area contributed by atoms with Crippen molar-refractivity contribution in [1.29, 1.82) is 0 Å². The van der Waals surface area contributed by atoms with E-state index in [9.17, 15) is 5.11 Å². The molecule has 1 fully saturated rings. The second-order valence-electron chi connectivity index (χ2n) is 8.31. The van der Waals surface area contributed by atoms with Gasteiger partial charge in [0.15, 0.2) is 0 Å². The molecule has 1 aliphatic heterocycles. The van der Waals surface area contributed by atoms with Crippen LogP contribution in [0.15, 0.2) is 48.5 Å². The molecule has 0 aliphatic carbocycles. The number of hydrogen-bond acceptors (Lipinski definition) is 5. The van der Waals surface area contributed by atoms with Gasteiger partial charge < -0.3 is 14.9 Å². The molecule has 3 N–H and O–H groups in total. The highest BCUT2D eigenvalue weighted by atomic mass is 35.5. The lowest BCUT2D eigenvalue weighted by Gasteiger charge is -2.48. The van der Waals surface area contributed by atoms with E-state index in [1.807, 2.05) is 18.2 Å². The van der Waals surface area contributed by atoms with Crippen LogP contribution in [0.5, 0.6) is 5.75 Å². The zero-order valence-electron chi connectivity index (χ0n) is 18.4. The van der Waals surface area contributed by atoms with Crippen molar-refractivity contribution in [2.75, 3.05) is 26.8 Å². The standard InChI is InChI=1S/C25H35ClN2O3/c1-31-24-13-12-22(26)17-20(24)18-27-25(21-9-3-2-4-10-21)14-6-8-16-28(25)15-7-5-11-23(30)19-29/h2-4,9-10,12-13,17,23,27,29-30H,5-8,11,14-16,18-19H2,1H3. The van der Waals surface area contributed by atoms with Crippen molar-refractivity contribution >= 4 is 11.6 Å². The topological polar surface area (TPSA) is 65.0 Å². The molecule has 1 aliphatic rings. The number of aliphatic hydroxyl groups excluding tert-OH is 2. The summed E-state index contributed by atoms with van der Waals surface area (Å²) in [6, 6.07) is 16.4. The molecule has 0 spiro atoms. The van der Waals surface area contributed by atoms with Crippen LogP contribution in [0.25, 0.3) is 0 Å². The third-order valence-corrected chi connectivity index (χ3v) is 6.48. The number of methoxy groups -OCH3 is 1. The highest BCUT2D eigenvalue weighted by molar-refractivity contribution is 6.30. The maximum absolute atomic E-state index is 9.66. The van der Waals surface area contributed by atoms with Crippen molar-refractivity contribution in [2.45, 2.75) is 56.8 Å². The second-order valence-corrected chi connectivity index (χ2v) is 8.75. The Bertz CT molecular complexity index is 805. The number of unbranched alkanes of at least 4 members (excludes halogenated alkanes) is 1. The maximum Gasteiger partial charge on any atom is 0.123 e. The quantitative estimate of drug-likeness (QED) is 0.449. The van der Waals surface area contributed by atoms with Crippen LogP contribution in [0.2, 0.25) is 5.02 Å². The molecular formula is C25H35ClN2O3. The Morgan fingerprint density at radius 1 is 1.16 bits per heavy atom. The summed E-state index contributed by atoms with van der Waals surface area (Å²) in [5.74, 6) is 0.834. The Morgan fingerprint density at radius 2 is 1.97 bits per heavy atom. The number of rotatable bonds is 11. The Hall–Kier alpha value is -1.63. The molecule has 5 nitrogen and oxygen atoms in total. The number of nitrogens with zero attached hydrogens (tertiary/aromatic N) is 1.